The van der Waals surface area contributed by atoms with Crippen LogP contribution in [0.2, 0.25) is 0 Å². The van der Waals surface area contributed by atoms with Crippen molar-refractivity contribution in [2.75, 3.05) is 7.11 Å². The van der Waals surface area contributed by atoms with E-state index in [1.807, 2.05) is 0 Å². The molecule has 0 bridgehead atoms. The average Bonchev–Trinajstić information content (AvgIpc) is 2.35. The van der Waals surface area contributed by atoms with Crippen LogP contribution >= 0.6 is 10.7 Å². The zero-order valence-electron chi connectivity index (χ0n) is 9.38. The van der Waals surface area contributed by atoms with Crippen LogP contribution in [-0.2, 0) is 13.8 Å². The Balaban J connectivity index is 2.93. The summed E-state index contributed by atoms with van der Waals surface area (Å²) in [5.41, 5.74) is -0.0637. The zero-order valence-corrected chi connectivity index (χ0v) is 11.0. The molecule has 0 saturated heterocycles. The summed E-state index contributed by atoms with van der Waals surface area (Å²) < 4.78 is 27.9. The standard InChI is InChI=1S/C12H9ClO4S/c1-17-12(14)10-7-6-8-4-2-3-5-9(8)11(10)18(13,15)16/h2-7H,1H3. The Labute approximate surface area is 109 Å². The Hall–Kier alpha value is -1.59. The topological polar surface area (TPSA) is 60.4 Å². The molecule has 2 aromatic carbocycles. The maximum Gasteiger partial charge on any atom is 0.339 e. The summed E-state index contributed by atoms with van der Waals surface area (Å²) in [6, 6.07) is 9.81. The van der Waals surface area contributed by atoms with Crippen LogP contribution < -0.4 is 0 Å². The van der Waals surface area contributed by atoms with Crippen molar-refractivity contribution < 1.29 is 17.9 Å². The minimum absolute atomic E-state index is 0.0637. The van der Waals surface area contributed by atoms with E-state index in [4.69, 9.17) is 10.7 Å². The van der Waals surface area contributed by atoms with Gasteiger partial charge >= 0.3 is 5.97 Å². The van der Waals surface area contributed by atoms with Crippen molar-refractivity contribution in [3.05, 3.63) is 42.0 Å². The third kappa shape index (κ3) is 2.19. The molecule has 94 valence electrons. The molecule has 0 aliphatic rings. The van der Waals surface area contributed by atoms with E-state index in [0.29, 0.717) is 10.8 Å². The first-order valence-electron chi connectivity index (χ1n) is 5.00. The van der Waals surface area contributed by atoms with Crippen molar-refractivity contribution in [2.45, 2.75) is 4.90 Å². The molecule has 0 N–H and O–H groups in total. The highest BCUT2D eigenvalue weighted by Crippen LogP contribution is 2.29. The molecule has 0 spiro atoms. The number of carbonyl (C=O) groups excluding carboxylic acids is 1. The van der Waals surface area contributed by atoms with Gasteiger partial charge in [-0.3, -0.25) is 0 Å². The van der Waals surface area contributed by atoms with E-state index in [1.165, 1.54) is 13.2 Å². The highest BCUT2D eigenvalue weighted by Gasteiger charge is 2.23. The second-order valence-corrected chi connectivity index (χ2v) is 6.10. The third-order valence-electron chi connectivity index (χ3n) is 2.53. The van der Waals surface area contributed by atoms with E-state index in [0.717, 1.165) is 0 Å². The number of methoxy groups -OCH3 is 1. The SMILES string of the molecule is COC(=O)c1ccc2ccccc2c1S(=O)(=O)Cl. The first-order chi connectivity index (χ1) is 8.45. The quantitative estimate of drug-likeness (QED) is 0.628. The molecule has 6 heteroatoms. The van der Waals surface area contributed by atoms with Gasteiger partial charge in [0.05, 0.1) is 12.7 Å². The minimum atomic E-state index is -4.04. The minimum Gasteiger partial charge on any atom is -0.465 e. The number of esters is 1. The lowest BCUT2D eigenvalue weighted by molar-refractivity contribution is 0.0597. The van der Waals surface area contributed by atoms with Crippen LogP contribution in [0.15, 0.2) is 41.3 Å². The maximum absolute atomic E-state index is 11.6. The van der Waals surface area contributed by atoms with E-state index in [9.17, 15) is 13.2 Å². The number of hydrogen-bond donors (Lipinski definition) is 0. The van der Waals surface area contributed by atoms with Crippen LogP contribution in [0.1, 0.15) is 10.4 Å². The Morgan fingerprint density at radius 1 is 1.17 bits per heavy atom. The number of benzene rings is 2. The van der Waals surface area contributed by atoms with Gasteiger partial charge in [-0.1, -0.05) is 30.3 Å². The van der Waals surface area contributed by atoms with E-state index >= 15 is 0 Å². The Kier molecular flexibility index (Phi) is 3.28. The van der Waals surface area contributed by atoms with Crippen molar-refractivity contribution in [3.8, 4) is 0 Å². The van der Waals surface area contributed by atoms with E-state index in [1.54, 1.807) is 30.3 Å². The van der Waals surface area contributed by atoms with Crippen LogP contribution in [0.3, 0.4) is 0 Å². The summed E-state index contributed by atoms with van der Waals surface area (Å²) in [6.45, 7) is 0. The second kappa shape index (κ2) is 4.59. The molecular formula is C12H9ClO4S. The lowest BCUT2D eigenvalue weighted by atomic mass is 10.1. The molecule has 0 fully saturated rings. The molecule has 0 heterocycles. The number of rotatable bonds is 2. The van der Waals surface area contributed by atoms with Gasteiger partial charge in [-0.25, -0.2) is 13.2 Å². The van der Waals surface area contributed by atoms with Crippen LogP contribution in [0.5, 0.6) is 0 Å². The molecule has 4 nitrogen and oxygen atoms in total. The molecule has 0 saturated carbocycles. The van der Waals surface area contributed by atoms with Crippen LogP contribution in [0.25, 0.3) is 10.8 Å². The lowest BCUT2D eigenvalue weighted by Gasteiger charge is -2.08. The number of halogens is 1. The highest BCUT2D eigenvalue weighted by molar-refractivity contribution is 8.14. The number of hydrogen-bond acceptors (Lipinski definition) is 4. The van der Waals surface area contributed by atoms with Gasteiger partial charge in [0.15, 0.2) is 0 Å². The molecule has 0 amide bonds. The molecule has 0 aliphatic carbocycles. The third-order valence-corrected chi connectivity index (χ3v) is 3.92. The molecular weight excluding hydrogens is 276 g/mol. The van der Waals surface area contributed by atoms with Crippen molar-refractivity contribution in [2.24, 2.45) is 0 Å². The fraction of sp³-hybridized carbons (Fsp3) is 0.0833. The molecule has 2 aromatic rings. The van der Waals surface area contributed by atoms with Gasteiger partial charge in [0, 0.05) is 16.1 Å². The van der Waals surface area contributed by atoms with Gasteiger partial charge in [0.1, 0.15) is 4.90 Å². The van der Waals surface area contributed by atoms with Gasteiger partial charge in [-0.15, -0.1) is 0 Å². The first kappa shape index (κ1) is 12.9. The first-order valence-corrected chi connectivity index (χ1v) is 7.31. The molecule has 0 radical (unpaired) electrons. The van der Waals surface area contributed by atoms with Crippen LogP contribution in [0.4, 0.5) is 0 Å². The lowest BCUT2D eigenvalue weighted by Crippen LogP contribution is -2.08. The van der Waals surface area contributed by atoms with Crippen molar-refractivity contribution in [1.82, 2.24) is 0 Å². The predicted molar refractivity (Wildman–Crippen MR) is 68.3 cm³/mol. The van der Waals surface area contributed by atoms with Crippen LogP contribution in [0, 0.1) is 0 Å². The Bertz CT molecular complexity index is 722. The molecule has 2 rings (SSSR count). The summed E-state index contributed by atoms with van der Waals surface area (Å²) >= 11 is 0. The van der Waals surface area contributed by atoms with Gasteiger partial charge in [0.2, 0.25) is 0 Å². The fourth-order valence-corrected chi connectivity index (χ4v) is 3.14. The maximum atomic E-state index is 11.6. The largest absolute Gasteiger partial charge is 0.465 e. The highest BCUT2D eigenvalue weighted by atomic mass is 35.7. The van der Waals surface area contributed by atoms with Gasteiger partial charge in [0.25, 0.3) is 9.05 Å². The summed E-state index contributed by atoms with van der Waals surface area (Å²) in [5, 5.41) is 1.08. The average molecular weight is 285 g/mol. The predicted octanol–water partition coefficient (Wildman–Crippen LogP) is 2.55. The molecule has 0 aromatic heterocycles. The van der Waals surface area contributed by atoms with Crippen molar-refractivity contribution in [3.63, 3.8) is 0 Å². The van der Waals surface area contributed by atoms with Gasteiger partial charge in [-0.05, 0) is 11.5 Å². The summed E-state index contributed by atoms with van der Waals surface area (Å²) in [7, 11) is 2.55. The smallest absolute Gasteiger partial charge is 0.339 e. The zero-order chi connectivity index (χ0) is 13.3. The van der Waals surface area contributed by atoms with E-state index < -0.39 is 15.0 Å². The van der Waals surface area contributed by atoms with Gasteiger partial charge < -0.3 is 4.74 Å². The molecule has 0 aliphatic heterocycles. The monoisotopic (exact) mass is 284 g/mol. The molecule has 0 atom stereocenters. The van der Waals surface area contributed by atoms with Crippen molar-refractivity contribution >= 4 is 36.5 Å². The van der Waals surface area contributed by atoms with Crippen molar-refractivity contribution in [1.29, 1.82) is 0 Å². The summed E-state index contributed by atoms with van der Waals surface area (Å²) in [4.78, 5) is 11.4. The summed E-state index contributed by atoms with van der Waals surface area (Å²) in [6.07, 6.45) is 0. The molecule has 18 heavy (non-hydrogen) atoms. The Morgan fingerprint density at radius 3 is 2.44 bits per heavy atom. The molecule has 0 unspecified atom stereocenters. The normalized spacial score (nSPS) is 11.4. The summed E-state index contributed by atoms with van der Waals surface area (Å²) in [5.74, 6) is -0.736. The number of fused-ring (bicyclic) bond motifs is 1. The number of carbonyl (C=O) groups is 1. The fourth-order valence-electron chi connectivity index (χ4n) is 1.78. The van der Waals surface area contributed by atoms with Gasteiger partial charge in [-0.2, -0.15) is 0 Å². The Morgan fingerprint density at radius 2 is 1.83 bits per heavy atom. The van der Waals surface area contributed by atoms with Crippen LogP contribution in [-0.4, -0.2) is 21.5 Å². The van der Waals surface area contributed by atoms with E-state index in [2.05, 4.69) is 4.74 Å². The second-order valence-electron chi connectivity index (χ2n) is 3.59. The van der Waals surface area contributed by atoms with E-state index in [-0.39, 0.29) is 10.5 Å². The number of ether oxygens (including phenoxy) is 1.